The molecule has 0 aromatic rings. The van der Waals surface area contributed by atoms with Crippen molar-refractivity contribution in [1.29, 1.82) is 0 Å². The molecule has 0 saturated carbocycles. The van der Waals surface area contributed by atoms with Gasteiger partial charge in [0.15, 0.2) is 6.29 Å². The van der Waals surface area contributed by atoms with Gasteiger partial charge in [0.25, 0.3) is 0 Å². The van der Waals surface area contributed by atoms with Crippen LogP contribution in [0.1, 0.15) is 6.42 Å². The highest BCUT2D eigenvalue weighted by Crippen LogP contribution is 2.32. The first-order valence-corrected chi connectivity index (χ1v) is 6.50. The molecule has 3 rings (SSSR count). The normalized spacial score (nSPS) is 52.0. The van der Waals surface area contributed by atoms with E-state index in [0.29, 0.717) is 18.5 Å². The van der Waals surface area contributed by atoms with E-state index in [2.05, 4.69) is 5.32 Å². The lowest BCUT2D eigenvalue weighted by atomic mass is 9.94. The van der Waals surface area contributed by atoms with Crippen LogP contribution >= 0.6 is 0 Å². The van der Waals surface area contributed by atoms with Gasteiger partial charge in [-0.3, -0.25) is 0 Å². The van der Waals surface area contributed by atoms with Crippen LogP contribution in [0.4, 0.5) is 0 Å². The molecule has 0 aromatic carbocycles. The summed E-state index contributed by atoms with van der Waals surface area (Å²) >= 11 is 0. The quantitative estimate of drug-likeness (QED) is 0.353. The highest BCUT2D eigenvalue weighted by Gasteiger charge is 2.46. The number of fused-ring (bicyclic) bond motifs is 2. The summed E-state index contributed by atoms with van der Waals surface area (Å²) in [5, 5.41) is 42.2. The number of β-amino-alcohol motifs (C(OH)–C–C–N with tert-alkyl or cyclic N) is 1. The van der Waals surface area contributed by atoms with Gasteiger partial charge < -0.3 is 35.2 Å². The second-order valence-electron chi connectivity index (χ2n) is 5.28. The molecule has 3 aliphatic rings. The van der Waals surface area contributed by atoms with Crippen LogP contribution in [0, 0.1) is 0 Å². The Morgan fingerprint density at radius 3 is 2.68 bits per heavy atom. The van der Waals surface area contributed by atoms with Crippen molar-refractivity contribution in [3.05, 3.63) is 11.6 Å². The molecular weight excluding hydrogens is 254 g/mol. The summed E-state index contributed by atoms with van der Waals surface area (Å²) < 4.78 is 10.5. The van der Waals surface area contributed by atoms with E-state index in [1.165, 1.54) is 0 Å². The molecule has 3 saturated heterocycles. The van der Waals surface area contributed by atoms with Gasteiger partial charge in [0, 0.05) is 12.6 Å². The van der Waals surface area contributed by atoms with E-state index >= 15 is 0 Å². The zero-order valence-corrected chi connectivity index (χ0v) is 10.3. The first kappa shape index (κ1) is 13.4. The Morgan fingerprint density at radius 1 is 1.21 bits per heavy atom. The second kappa shape index (κ2) is 5.10. The van der Waals surface area contributed by atoms with E-state index in [1.54, 1.807) is 6.08 Å². The Balaban J connectivity index is 1.69. The molecule has 2 bridgehead atoms. The molecule has 7 heteroatoms. The maximum absolute atomic E-state index is 10.1. The number of rotatable bonds is 2. The largest absolute Gasteiger partial charge is 0.389 e. The number of ether oxygens (including phenoxy) is 2. The lowest BCUT2D eigenvalue weighted by molar-refractivity contribution is -0.154. The van der Waals surface area contributed by atoms with Crippen LogP contribution < -0.4 is 5.32 Å². The van der Waals surface area contributed by atoms with Crippen molar-refractivity contribution in [1.82, 2.24) is 5.32 Å². The van der Waals surface area contributed by atoms with E-state index < -0.39 is 36.8 Å². The van der Waals surface area contributed by atoms with E-state index in [4.69, 9.17) is 9.47 Å². The van der Waals surface area contributed by atoms with Gasteiger partial charge in [0.1, 0.15) is 18.3 Å². The molecular formula is C12H19NO6. The molecule has 7 atom stereocenters. The van der Waals surface area contributed by atoms with Gasteiger partial charge in [-0.15, -0.1) is 0 Å². The standard InChI is InChI=1S/C12H19NO6/c14-7-3-13-6(11(7)17)2-1-5-9(15)8-4-18-12(19-8)10(5)16/h1,6-17H,2-4H2/b5-1+/t6-,7?,8?,9+,10-,11?,12+/m0/s1. The van der Waals surface area contributed by atoms with Gasteiger partial charge in [-0.1, -0.05) is 6.08 Å². The highest BCUT2D eigenvalue weighted by molar-refractivity contribution is 5.21. The number of nitrogens with one attached hydrogen (secondary N) is 1. The summed E-state index contributed by atoms with van der Waals surface area (Å²) in [5.41, 5.74) is 0.467. The monoisotopic (exact) mass is 273 g/mol. The Hall–Kier alpha value is -0.540. The molecule has 3 heterocycles. The van der Waals surface area contributed by atoms with Gasteiger partial charge in [-0.2, -0.15) is 0 Å². The summed E-state index contributed by atoms with van der Waals surface area (Å²) in [6.45, 7) is 0.612. The number of aliphatic hydroxyl groups is 4. The summed E-state index contributed by atoms with van der Waals surface area (Å²) in [5.74, 6) is 0. The summed E-state index contributed by atoms with van der Waals surface area (Å²) in [6.07, 6.45) is -2.52. The van der Waals surface area contributed by atoms with Crippen molar-refractivity contribution in [2.24, 2.45) is 0 Å². The second-order valence-corrected chi connectivity index (χ2v) is 5.28. The van der Waals surface area contributed by atoms with Crippen molar-refractivity contribution >= 4 is 0 Å². The van der Waals surface area contributed by atoms with Gasteiger partial charge in [0.05, 0.1) is 18.8 Å². The lowest BCUT2D eigenvalue weighted by Gasteiger charge is -2.31. The third kappa shape index (κ3) is 2.31. The van der Waals surface area contributed by atoms with E-state index in [1.807, 2.05) is 0 Å². The Kier molecular flexibility index (Phi) is 3.61. The van der Waals surface area contributed by atoms with Crippen molar-refractivity contribution in [3.8, 4) is 0 Å². The van der Waals surface area contributed by atoms with Crippen LogP contribution in [0.2, 0.25) is 0 Å². The average molecular weight is 273 g/mol. The SMILES string of the molecule is OC1CN[C@@H](C/C=C2\[C@@H](O)C3CO[C@H](O3)[C@H]2O)C1O. The highest BCUT2D eigenvalue weighted by atomic mass is 16.7. The van der Waals surface area contributed by atoms with Crippen LogP contribution in [0.3, 0.4) is 0 Å². The van der Waals surface area contributed by atoms with Crippen LogP contribution in [-0.4, -0.2) is 76.4 Å². The fourth-order valence-electron chi connectivity index (χ4n) is 2.83. The minimum Gasteiger partial charge on any atom is -0.389 e. The van der Waals surface area contributed by atoms with E-state index in [0.717, 1.165) is 0 Å². The third-order valence-electron chi connectivity index (χ3n) is 4.03. The topological polar surface area (TPSA) is 111 Å². The van der Waals surface area contributed by atoms with E-state index in [-0.39, 0.29) is 12.6 Å². The van der Waals surface area contributed by atoms with Crippen molar-refractivity contribution in [2.75, 3.05) is 13.2 Å². The zero-order chi connectivity index (χ0) is 13.6. The van der Waals surface area contributed by atoms with E-state index in [9.17, 15) is 20.4 Å². The molecule has 3 fully saturated rings. The average Bonchev–Trinajstić information content (AvgIpc) is 2.97. The molecule has 108 valence electrons. The van der Waals surface area contributed by atoms with Crippen LogP contribution in [-0.2, 0) is 9.47 Å². The molecule has 0 aromatic heterocycles. The van der Waals surface area contributed by atoms with Gasteiger partial charge in [-0.25, -0.2) is 0 Å². The fourth-order valence-corrected chi connectivity index (χ4v) is 2.83. The minimum absolute atomic E-state index is 0.267. The number of hydrogen-bond donors (Lipinski definition) is 5. The molecule has 7 nitrogen and oxygen atoms in total. The number of aliphatic hydroxyl groups excluding tert-OH is 4. The smallest absolute Gasteiger partial charge is 0.188 e. The predicted octanol–water partition coefficient (Wildman–Crippen LogP) is -2.53. The molecule has 3 unspecified atom stereocenters. The molecule has 0 radical (unpaired) electrons. The maximum atomic E-state index is 10.1. The molecule has 19 heavy (non-hydrogen) atoms. The van der Waals surface area contributed by atoms with Crippen molar-refractivity contribution in [3.63, 3.8) is 0 Å². The van der Waals surface area contributed by atoms with Crippen LogP contribution in [0.5, 0.6) is 0 Å². The fraction of sp³-hybridized carbons (Fsp3) is 0.833. The first-order valence-electron chi connectivity index (χ1n) is 6.50. The predicted molar refractivity (Wildman–Crippen MR) is 63.1 cm³/mol. The summed E-state index contributed by atoms with van der Waals surface area (Å²) in [4.78, 5) is 0. The molecule has 5 N–H and O–H groups in total. The van der Waals surface area contributed by atoms with Gasteiger partial charge >= 0.3 is 0 Å². The van der Waals surface area contributed by atoms with Gasteiger partial charge in [-0.05, 0) is 12.0 Å². The molecule has 0 amide bonds. The first-order chi connectivity index (χ1) is 9.08. The van der Waals surface area contributed by atoms with Crippen molar-refractivity contribution in [2.45, 2.75) is 49.3 Å². The zero-order valence-electron chi connectivity index (χ0n) is 10.3. The Bertz CT molecular complexity index is 357. The molecule has 3 aliphatic heterocycles. The third-order valence-corrected chi connectivity index (χ3v) is 4.03. The lowest BCUT2D eigenvalue weighted by Crippen LogP contribution is -2.44. The number of hydrogen-bond acceptors (Lipinski definition) is 7. The van der Waals surface area contributed by atoms with Crippen molar-refractivity contribution < 1.29 is 29.9 Å². The van der Waals surface area contributed by atoms with Crippen LogP contribution in [0.25, 0.3) is 0 Å². The van der Waals surface area contributed by atoms with Crippen LogP contribution in [0.15, 0.2) is 11.6 Å². The van der Waals surface area contributed by atoms with Gasteiger partial charge in [0.2, 0.25) is 0 Å². The Morgan fingerprint density at radius 2 is 2.00 bits per heavy atom. The maximum Gasteiger partial charge on any atom is 0.188 e. The minimum atomic E-state index is -0.989. The Labute approximate surface area is 110 Å². The summed E-state index contributed by atoms with van der Waals surface area (Å²) in [6, 6.07) is -0.275. The molecule has 0 aliphatic carbocycles. The molecule has 0 spiro atoms. The summed E-state index contributed by atoms with van der Waals surface area (Å²) in [7, 11) is 0.